The first-order valence-electron chi connectivity index (χ1n) is 10.9. The van der Waals surface area contributed by atoms with E-state index < -0.39 is 23.5 Å². The second kappa shape index (κ2) is 10.3. The van der Waals surface area contributed by atoms with Gasteiger partial charge in [0, 0.05) is 24.7 Å². The zero-order valence-electron chi connectivity index (χ0n) is 18.6. The molecule has 3 nitrogen and oxygen atoms in total. The van der Waals surface area contributed by atoms with Gasteiger partial charge >= 0.3 is 12.4 Å². The second-order valence-corrected chi connectivity index (χ2v) is 8.39. The van der Waals surface area contributed by atoms with Crippen LogP contribution in [0.15, 0.2) is 42.5 Å². The lowest BCUT2D eigenvalue weighted by Gasteiger charge is -2.40. The van der Waals surface area contributed by atoms with E-state index in [9.17, 15) is 26.3 Å². The molecule has 1 saturated heterocycles. The highest BCUT2D eigenvalue weighted by Crippen LogP contribution is 2.37. The van der Waals surface area contributed by atoms with Gasteiger partial charge in [-0.3, -0.25) is 4.90 Å². The van der Waals surface area contributed by atoms with Crippen LogP contribution in [-0.4, -0.2) is 31.1 Å². The number of rotatable bonds is 7. The summed E-state index contributed by atoms with van der Waals surface area (Å²) >= 11 is 0. The molecule has 1 fully saturated rings. The highest BCUT2D eigenvalue weighted by atomic mass is 19.4. The molecule has 1 heterocycles. The zero-order chi connectivity index (χ0) is 24.2. The first-order valence-corrected chi connectivity index (χ1v) is 10.9. The van der Waals surface area contributed by atoms with Crippen molar-refractivity contribution in [3.05, 3.63) is 64.7 Å². The summed E-state index contributed by atoms with van der Waals surface area (Å²) in [4.78, 5) is 2.32. The quantitative estimate of drug-likeness (QED) is 0.468. The van der Waals surface area contributed by atoms with Crippen LogP contribution < -0.4 is 10.1 Å². The number of piperidine rings is 1. The second-order valence-electron chi connectivity index (χ2n) is 8.39. The van der Waals surface area contributed by atoms with Crippen LogP contribution in [0.3, 0.4) is 0 Å². The number of nitrogens with zero attached hydrogens (tertiary/aromatic N) is 1. The lowest BCUT2D eigenvalue weighted by molar-refractivity contribution is -0.143. The fraction of sp³-hybridized carbons (Fsp3) is 0.500. The number of benzene rings is 2. The van der Waals surface area contributed by atoms with E-state index in [2.05, 4.69) is 17.1 Å². The smallest absolute Gasteiger partial charge is 0.416 e. The number of ether oxygens (including phenoxy) is 1. The molecule has 1 aliphatic heterocycles. The summed E-state index contributed by atoms with van der Waals surface area (Å²) in [5, 5.41) is 3.09. The predicted molar refractivity (Wildman–Crippen MR) is 114 cm³/mol. The molecule has 0 radical (unpaired) electrons. The summed E-state index contributed by atoms with van der Waals surface area (Å²) in [5.74, 6) is 0.695. The van der Waals surface area contributed by atoms with Gasteiger partial charge < -0.3 is 10.1 Å². The summed E-state index contributed by atoms with van der Waals surface area (Å²) in [5.41, 5.74) is -1.75. The van der Waals surface area contributed by atoms with Crippen molar-refractivity contribution in [1.82, 2.24) is 10.2 Å². The van der Waals surface area contributed by atoms with Crippen LogP contribution in [0, 0.1) is 0 Å². The number of alkyl halides is 6. The Labute approximate surface area is 189 Å². The highest BCUT2D eigenvalue weighted by Gasteiger charge is 2.37. The van der Waals surface area contributed by atoms with Gasteiger partial charge in [-0.1, -0.05) is 24.6 Å². The Kier molecular flexibility index (Phi) is 7.95. The van der Waals surface area contributed by atoms with Gasteiger partial charge in [-0.05, 0) is 56.1 Å². The highest BCUT2D eigenvalue weighted by molar-refractivity contribution is 5.37. The lowest BCUT2D eigenvalue weighted by Crippen LogP contribution is -2.44. The monoisotopic (exact) mass is 474 g/mol. The van der Waals surface area contributed by atoms with E-state index in [0.717, 1.165) is 43.5 Å². The fourth-order valence-electron chi connectivity index (χ4n) is 4.41. The number of methoxy groups -OCH3 is 1. The van der Waals surface area contributed by atoms with E-state index in [1.807, 2.05) is 24.3 Å². The van der Waals surface area contributed by atoms with Crippen LogP contribution in [0.1, 0.15) is 54.5 Å². The molecule has 0 saturated carbocycles. The van der Waals surface area contributed by atoms with Gasteiger partial charge in [0.1, 0.15) is 5.75 Å². The van der Waals surface area contributed by atoms with Crippen molar-refractivity contribution in [1.29, 1.82) is 0 Å². The molecule has 0 aromatic heterocycles. The normalized spacial score (nSPS) is 18.8. The van der Waals surface area contributed by atoms with Crippen LogP contribution in [0.25, 0.3) is 0 Å². The third-order valence-corrected chi connectivity index (χ3v) is 6.07. The minimum atomic E-state index is -4.86. The molecule has 33 heavy (non-hydrogen) atoms. The van der Waals surface area contributed by atoms with Crippen LogP contribution in [-0.2, 0) is 18.9 Å². The molecule has 3 rings (SSSR count). The van der Waals surface area contributed by atoms with E-state index in [1.54, 1.807) is 7.11 Å². The molecule has 2 unspecified atom stereocenters. The van der Waals surface area contributed by atoms with Crippen LogP contribution in [0.5, 0.6) is 5.75 Å². The number of hydrogen-bond acceptors (Lipinski definition) is 3. The van der Waals surface area contributed by atoms with Crippen molar-refractivity contribution in [3.63, 3.8) is 0 Å². The van der Waals surface area contributed by atoms with Crippen molar-refractivity contribution in [2.24, 2.45) is 0 Å². The van der Waals surface area contributed by atoms with Crippen molar-refractivity contribution >= 4 is 0 Å². The Morgan fingerprint density at radius 2 is 1.64 bits per heavy atom. The lowest BCUT2D eigenvalue weighted by atomic mass is 9.96. The van der Waals surface area contributed by atoms with E-state index in [0.29, 0.717) is 18.3 Å². The van der Waals surface area contributed by atoms with Gasteiger partial charge in [0.15, 0.2) is 0 Å². The number of nitrogens with one attached hydrogen (secondary N) is 1. The topological polar surface area (TPSA) is 24.5 Å². The molecule has 2 aromatic rings. The molecule has 0 bridgehead atoms. The molecule has 182 valence electrons. The predicted octanol–water partition coefficient (Wildman–Crippen LogP) is 6.44. The van der Waals surface area contributed by atoms with Gasteiger partial charge in [0.25, 0.3) is 0 Å². The molecule has 2 atom stereocenters. The van der Waals surface area contributed by atoms with Crippen molar-refractivity contribution in [2.45, 2.75) is 57.2 Å². The first-order chi connectivity index (χ1) is 15.5. The Morgan fingerprint density at radius 1 is 1.00 bits per heavy atom. The number of para-hydroxylation sites is 1. The molecular weight excluding hydrogens is 446 g/mol. The molecule has 0 amide bonds. The Balaban J connectivity index is 1.84. The van der Waals surface area contributed by atoms with E-state index in [-0.39, 0.29) is 24.2 Å². The number of hydrogen-bond donors (Lipinski definition) is 1. The molecule has 2 aromatic carbocycles. The standard InChI is InChI=1S/C24H28F6N2O/c1-16-7-5-6-10-32(16)21(20-8-3-4-9-22(20)33-2)15-31-14-17-11-18(23(25,26)27)13-19(12-17)24(28,29)30/h3-4,8-9,11-13,16,21,31H,5-7,10,14-15H2,1-2H3. The van der Waals surface area contributed by atoms with E-state index >= 15 is 0 Å². The molecular formula is C24H28F6N2O. The summed E-state index contributed by atoms with van der Waals surface area (Å²) < 4.78 is 84.5. The Bertz CT molecular complexity index is 896. The van der Waals surface area contributed by atoms with Crippen molar-refractivity contribution in [3.8, 4) is 5.75 Å². The number of halogens is 6. The summed E-state index contributed by atoms with van der Waals surface area (Å²) in [7, 11) is 1.57. The van der Waals surface area contributed by atoms with Crippen LogP contribution in [0.4, 0.5) is 26.3 Å². The Hall–Kier alpha value is -2.26. The maximum atomic E-state index is 13.2. The Morgan fingerprint density at radius 3 is 2.21 bits per heavy atom. The van der Waals surface area contributed by atoms with E-state index in [4.69, 9.17) is 4.74 Å². The molecule has 9 heteroatoms. The van der Waals surface area contributed by atoms with Gasteiger partial charge in [-0.15, -0.1) is 0 Å². The molecule has 1 aliphatic rings. The SMILES string of the molecule is COc1ccccc1C(CNCc1cc(C(F)(F)F)cc(C(F)(F)F)c1)N1CCCCC1C. The van der Waals surface area contributed by atoms with Crippen molar-refractivity contribution < 1.29 is 31.1 Å². The van der Waals surface area contributed by atoms with Gasteiger partial charge in [0.2, 0.25) is 0 Å². The van der Waals surface area contributed by atoms with Crippen LogP contribution >= 0.6 is 0 Å². The maximum absolute atomic E-state index is 13.2. The maximum Gasteiger partial charge on any atom is 0.416 e. The van der Waals surface area contributed by atoms with Gasteiger partial charge in [-0.25, -0.2) is 0 Å². The molecule has 0 spiro atoms. The summed E-state index contributed by atoms with van der Waals surface area (Å²) in [6.45, 7) is 3.21. The average Bonchev–Trinajstić information content (AvgIpc) is 2.76. The first kappa shape index (κ1) is 25.4. The third-order valence-electron chi connectivity index (χ3n) is 6.07. The average molecular weight is 474 g/mol. The van der Waals surface area contributed by atoms with Gasteiger partial charge in [0.05, 0.1) is 24.3 Å². The van der Waals surface area contributed by atoms with E-state index in [1.165, 1.54) is 0 Å². The summed E-state index contributed by atoms with van der Waals surface area (Å²) in [6.07, 6.45) is -6.56. The largest absolute Gasteiger partial charge is 0.496 e. The minimum absolute atomic E-state index is 0.0670. The minimum Gasteiger partial charge on any atom is -0.496 e. The summed E-state index contributed by atoms with van der Waals surface area (Å²) in [6, 6.07) is 9.38. The molecule has 0 aliphatic carbocycles. The van der Waals surface area contributed by atoms with Gasteiger partial charge in [-0.2, -0.15) is 26.3 Å². The number of likely N-dealkylation sites (tertiary alicyclic amines) is 1. The van der Waals surface area contributed by atoms with Crippen LogP contribution in [0.2, 0.25) is 0 Å². The zero-order valence-corrected chi connectivity index (χ0v) is 18.6. The molecule has 1 N–H and O–H groups in total. The third kappa shape index (κ3) is 6.41. The van der Waals surface area contributed by atoms with Crippen molar-refractivity contribution in [2.75, 3.05) is 20.2 Å². The fourth-order valence-corrected chi connectivity index (χ4v) is 4.41.